The van der Waals surface area contributed by atoms with Crippen LogP contribution in [0, 0.1) is 5.41 Å². The monoisotopic (exact) mass is 186 g/mol. The summed E-state index contributed by atoms with van der Waals surface area (Å²) in [6.07, 6.45) is 2.96. The number of aliphatic carboxylic acids is 1. The van der Waals surface area contributed by atoms with Gasteiger partial charge in [-0.1, -0.05) is 6.42 Å². The third kappa shape index (κ3) is 1.99. The molecular weight excluding hydrogens is 172 g/mol. The Morgan fingerprint density at radius 2 is 2.08 bits per heavy atom. The average Bonchev–Trinajstić information content (AvgIpc) is 2.01. The SMILES string of the molecule is COC(=O)CCC1(C(=O)O)CCC1. The van der Waals surface area contributed by atoms with E-state index in [1.807, 2.05) is 0 Å². The lowest BCUT2D eigenvalue weighted by atomic mass is 9.66. The van der Waals surface area contributed by atoms with Gasteiger partial charge < -0.3 is 9.84 Å². The molecule has 0 radical (unpaired) electrons. The second-order valence-electron chi connectivity index (χ2n) is 3.52. The number of hydrogen-bond acceptors (Lipinski definition) is 3. The van der Waals surface area contributed by atoms with Crippen LogP contribution in [0.3, 0.4) is 0 Å². The predicted octanol–water partition coefficient (Wildman–Crippen LogP) is 1.19. The largest absolute Gasteiger partial charge is 0.481 e. The average molecular weight is 186 g/mol. The van der Waals surface area contributed by atoms with Crippen molar-refractivity contribution in [3.05, 3.63) is 0 Å². The number of hydrogen-bond donors (Lipinski definition) is 1. The van der Waals surface area contributed by atoms with Gasteiger partial charge in [0.25, 0.3) is 0 Å². The maximum absolute atomic E-state index is 10.9. The lowest BCUT2D eigenvalue weighted by Crippen LogP contribution is -2.38. The first-order valence-corrected chi connectivity index (χ1v) is 4.41. The number of methoxy groups -OCH3 is 1. The maximum atomic E-state index is 10.9. The zero-order chi connectivity index (χ0) is 9.90. The highest BCUT2D eigenvalue weighted by molar-refractivity contribution is 5.77. The number of carboxylic acids is 1. The van der Waals surface area contributed by atoms with Gasteiger partial charge in [0, 0.05) is 6.42 Å². The Balaban J connectivity index is 2.41. The predicted molar refractivity (Wildman–Crippen MR) is 45.2 cm³/mol. The molecule has 0 aliphatic heterocycles. The van der Waals surface area contributed by atoms with Crippen molar-refractivity contribution >= 4 is 11.9 Å². The summed E-state index contributed by atoms with van der Waals surface area (Å²) in [5.74, 6) is -1.10. The van der Waals surface area contributed by atoms with Crippen molar-refractivity contribution in [3.8, 4) is 0 Å². The Morgan fingerprint density at radius 3 is 2.38 bits per heavy atom. The topological polar surface area (TPSA) is 63.6 Å². The van der Waals surface area contributed by atoms with E-state index < -0.39 is 11.4 Å². The molecule has 4 nitrogen and oxygen atoms in total. The molecule has 0 atom stereocenters. The fourth-order valence-electron chi connectivity index (χ4n) is 1.62. The van der Waals surface area contributed by atoms with Gasteiger partial charge in [0.1, 0.15) is 0 Å². The van der Waals surface area contributed by atoms with Gasteiger partial charge in [0.15, 0.2) is 0 Å². The zero-order valence-corrected chi connectivity index (χ0v) is 7.71. The Bertz CT molecular complexity index is 218. The molecule has 1 aliphatic rings. The number of carboxylic acid groups (broad SMARTS) is 1. The molecule has 0 aromatic rings. The molecule has 0 unspecified atom stereocenters. The van der Waals surface area contributed by atoms with Gasteiger partial charge in [-0.3, -0.25) is 9.59 Å². The molecule has 74 valence electrons. The minimum atomic E-state index is -0.775. The number of esters is 1. The van der Waals surface area contributed by atoms with E-state index >= 15 is 0 Å². The maximum Gasteiger partial charge on any atom is 0.309 e. The van der Waals surface area contributed by atoms with Gasteiger partial charge in [0.05, 0.1) is 12.5 Å². The smallest absolute Gasteiger partial charge is 0.309 e. The lowest BCUT2D eigenvalue weighted by Gasteiger charge is -2.37. The standard InChI is InChI=1S/C9H14O4/c1-13-7(10)3-6-9(8(11)12)4-2-5-9/h2-6H2,1H3,(H,11,12). The Labute approximate surface area is 76.9 Å². The minimum Gasteiger partial charge on any atom is -0.481 e. The van der Waals surface area contributed by atoms with Gasteiger partial charge in [-0.25, -0.2) is 0 Å². The lowest BCUT2D eigenvalue weighted by molar-refractivity contribution is -0.156. The Morgan fingerprint density at radius 1 is 1.46 bits per heavy atom. The highest BCUT2D eigenvalue weighted by Gasteiger charge is 2.44. The molecule has 0 bridgehead atoms. The summed E-state index contributed by atoms with van der Waals surface area (Å²) in [7, 11) is 1.32. The fourth-order valence-corrected chi connectivity index (χ4v) is 1.62. The molecule has 1 aliphatic carbocycles. The fraction of sp³-hybridized carbons (Fsp3) is 0.778. The van der Waals surface area contributed by atoms with E-state index in [1.165, 1.54) is 7.11 Å². The van der Waals surface area contributed by atoms with Crippen LogP contribution in [0.2, 0.25) is 0 Å². The van der Waals surface area contributed by atoms with Crippen molar-refractivity contribution in [1.29, 1.82) is 0 Å². The van der Waals surface area contributed by atoms with E-state index in [0.717, 1.165) is 6.42 Å². The van der Waals surface area contributed by atoms with E-state index in [9.17, 15) is 9.59 Å². The molecule has 13 heavy (non-hydrogen) atoms. The van der Waals surface area contributed by atoms with E-state index in [1.54, 1.807) is 0 Å². The second kappa shape index (κ2) is 3.77. The molecule has 1 N–H and O–H groups in total. The number of carbonyl (C=O) groups is 2. The molecule has 0 spiro atoms. The quantitative estimate of drug-likeness (QED) is 0.670. The zero-order valence-electron chi connectivity index (χ0n) is 7.71. The van der Waals surface area contributed by atoms with Gasteiger partial charge in [-0.15, -0.1) is 0 Å². The first kappa shape index (κ1) is 10.0. The molecule has 0 saturated heterocycles. The van der Waals surface area contributed by atoms with E-state index in [0.29, 0.717) is 19.3 Å². The van der Waals surface area contributed by atoms with Crippen LogP contribution < -0.4 is 0 Å². The van der Waals surface area contributed by atoms with Crippen molar-refractivity contribution in [2.75, 3.05) is 7.11 Å². The van der Waals surface area contributed by atoms with Crippen molar-refractivity contribution < 1.29 is 19.4 Å². The summed E-state index contributed by atoms with van der Waals surface area (Å²) in [6, 6.07) is 0. The van der Waals surface area contributed by atoms with Gasteiger partial charge in [-0.05, 0) is 19.3 Å². The summed E-state index contributed by atoms with van der Waals surface area (Å²) in [6.45, 7) is 0. The first-order valence-electron chi connectivity index (χ1n) is 4.41. The van der Waals surface area contributed by atoms with Crippen molar-refractivity contribution in [3.63, 3.8) is 0 Å². The molecule has 0 heterocycles. The van der Waals surface area contributed by atoms with E-state index in [2.05, 4.69) is 4.74 Å². The highest BCUT2D eigenvalue weighted by atomic mass is 16.5. The summed E-state index contributed by atoms with van der Waals surface area (Å²) in [5, 5.41) is 8.92. The summed E-state index contributed by atoms with van der Waals surface area (Å²) < 4.78 is 4.46. The van der Waals surface area contributed by atoms with Crippen LogP contribution in [0.4, 0.5) is 0 Å². The molecule has 1 fully saturated rings. The molecular formula is C9H14O4. The third-order valence-electron chi connectivity index (χ3n) is 2.80. The number of rotatable bonds is 4. The van der Waals surface area contributed by atoms with Crippen LogP contribution >= 0.6 is 0 Å². The molecule has 4 heteroatoms. The van der Waals surface area contributed by atoms with Gasteiger partial charge in [-0.2, -0.15) is 0 Å². The van der Waals surface area contributed by atoms with Crippen LogP contribution in [0.15, 0.2) is 0 Å². The van der Waals surface area contributed by atoms with Crippen LogP contribution in [0.5, 0.6) is 0 Å². The van der Waals surface area contributed by atoms with Gasteiger partial charge in [0.2, 0.25) is 0 Å². The Kier molecular flexibility index (Phi) is 2.90. The van der Waals surface area contributed by atoms with Crippen molar-refractivity contribution in [2.24, 2.45) is 5.41 Å². The number of carbonyl (C=O) groups excluding carboxylic acids is 1. The van der Waals surface area contributed by atoms with E-state index in [-0.39, 0.29) is 12.4 Å². The summed E-state index contributed by atoms with van der Waals surface area (Å²) >= 11 is 0. The number of ether oxygens (including phenoxy) is 1. The van der Waals surface area contributed by atoms with Crippen LogP contribution in [0.25, 0.3) is 0 Å². The van der Waals surface area contributed by atoms with Crippen molar-refractivity contribution in [1.82, 2.24) is 0 Å². The Hall–Kier alpha value is -1.06. The van der Waals surface area contributed by atoms with Crippen LogP contribution in [-0.2, 0) is 14.3 Å². The highest BCUT2D eigenvalue weighted by Crippen LogP contribution is 2.44. The van der Waals surface area contributed by atoms with E-state index in [4.69, 9.17) is 5.11 Å². The minimum absolute atomic E-state index is 0.211. The normalized spacial score (nSPS) is 18.8. The summed E-state index contributed by atoms with van der Waals surface area (Å²) in [4.78, 5) is 21.7. The first-order chi connectivity index (χ1) is 6.10. The summed E-state index contributed by atoms with van der Waals surface area (Å²) in [5.41, 5.74) is -0.631. The van der Waals surface area contributed by atoms with Crippen LogP contribution in [0.1, 0.15) is 32.1 Å². The second-order valence-corrected chi connectivity index (χ2v) is 3.52. The van der Waals surface area contributed by atoms with Crippen molar-refractivity contribution in [2.45, 2.75) is 32.1 Å². The molecule has 0 amide bonds. The molecule has 1 saturated carbocycles. The van der Waals surface area contributed by atoms with Crippen LogP contribution in [-0.4, -0.2) is 24.2 Å². The van der Waals surface area contributed by atoms with Gasteiger partial charge >= 0.3 is 11.9 Å². The third-order valence-corrected chi connectivity index (χ3v) is 2.80. The molecule has 1 rings (SSSR count). The molecule has 0 aromatic carbocycles. The molecule has 0 aromatic heterocycles.